The maximum absolute atomic E-state index is 13.3. The van der Waals surface area contributed by atoms with Crippen molar-refractivity contribution >= 4 is 32.7 Å². The van der Waals surface area contributed by atoms with Crippen LogP contribution in [0.4, 0.5) is 13.2 Å². The Morgan fingerprint density at radius 3 is 2.09 bits per heavy atom. The number of hydrogen-bond acceptors (Lipinski definition) is 5. The van der Waals surface area contributed by atoms with Gasteiger partial charge in [0, 0.05) is 11.1 Å². The first-order chi connectivity index (χ1) is 14.9. The molecule has 2 N–H and O–H groups in total. The number of nitrogens with zero attached hydrogens (tertiary/aromatic N) is 2. The summed E-state index contributed by atoms with van der Waals surface area (Å²) in [5.41, 5.74) is 1.00. The van der Waals surface area contributed by atoms with Gasteiger partial charge >= 0.3 is 6.18 Å². The first-order valence-corrected chi connectivity index (χ1v) is 11.9. The fraction of sp³-hybridized carbons (Fsp3) is 0.158. The molecule has 3 rings (SSSR count). The van der Waals surface area contributed by atoms with E-state index in [0.29, 0.717) is 11.1 Å². The Bertz CT molecular complexity index is 1270. The molecule has 0 saturated carbocycles. The Hall–Kier alpha value is -2.38. The molecule has 0 saturated heterocycles. The number of rotatable bonds is 6. The number of sulfonamides is 1. The zero-order chi connectivity index (χ0) is 23.7. The van der Waals surface area contributed by atoms with Gasteiger partial charge in [-0.3, -0.25) is 0 Å². The smallest absolute Gasteiger partial charge is 0.306 e. The largest absolute Gasteiger partial charge is 0.451 e. The number of nitrogens with one attached hydrogen (secondary N) is 1. The maximum Gasteiger partial charge on any atom is 0.451 e. The van der Waals surface area contributed by atoms with Gasteiger partial charge in [-0.05, 0) is 30.3 Å². The molecular weight excluding hydrogens is 491 g/mol. The molecule has 0 spiro atoms. The van der Waals surface area contributed by atoms with Crippen molar-refractivity contribution in [2.45, 2.75) is 16.8 Å². The number of aromatic nitrogens is 2. The van der Waals surface area contributed by atoms with Crippen LogP contribution in [0.25, 0.3) is 22.4 Å². The van der Waals surface area contributed by atoms with Crippen molar-refractivity contribution in [3.8, 4) is 22.4 Å². The summed E-state index contributed by atoms with van der Waals surface area (Å²) in [5, 5.41) is -0.466. The molecule has 1 atom stereocenters. The fourth-order valence-electron chi connectivity index (χ4n) is 2.84. The molecule has 0 aliphatic rings. The predicted octanol–water partition coefficient (Wildman–Crippen LogP) is 4.11. The molecule has 0 radical (unpaired) electrons. The Morgan fingerprint density at radius 2 is 1.59 bits per heavy atom. The molecule has 1 unspecified atom stereocenters. The van der Waals surface area contributed by atoms with Gasteiger partial charge in [0.15, 0.2) is 11.1 Å². The van der Waals surface area contributed by atoms with E-state index in [1.807, 2.05) is 0 Å². The maximum atomic E-state index is 13.3. The summed E-state index contributed by atoms with van der Waals surface area (Å²) < 4.78 is 86.0. The summed E-state index contributed by atoms with van der Waals surface area (Å²) in [6, 6.07) is 11.2. The van der Waals surface area contributed by atoms with E-state index in [1.165, 1.54) is 55.6 Å². The van der Waals surface area contributed by atoms with Crippen LogP contribution in [0, 0.1) is 0 Å². The Kier molecular flexibility index (Phi) is 7.00. The van der Waals surface area contributed by atoms with E-state index in [4.69, 9.17) is 16.2 Å². The lowest BCUT2D eigenvalue weighted by Crippen LogP contribution is -2.18. The van der Waals surface area contributed by atoms with Crippen LogP contribution in [0.2, 0.25) is 5.15 Å². The van der Waals surface area contributed by atoms with Crippen LogP contribution in [-0.2, 0) is 33.0 Å². The molecule has 3 aromatic rings. The Balaban J connectivity index is 2.19. The second kappa shape index (κ2) is 9.24. The summed E-state index contributed by atoms with van der Waals surface area (Å²) in [7, 11) is -2.47. The van der Waals surface area contributed by atoms with Crippen LogP contribution in [-0.4, -0.2) is 34.2 Å². The van der Waals surface area contributed by atoms with E-state index in [2.05, 4.69) is 14.7 Å². The third kappa shape index (κ3) is 5.33. The van der Waals surface area contributed by atoms with Gasteiger partial charge in [0.1, 0.15) is 5.15 Å². The summed E-state index contributed by atoms with van der Waals surface area (Å²) in [6.45, 7) is 0. The fourth-order valence-corrected chi connectivity index (χ4v) is 4.33. The number of alkyl halides is 3. The number of hydrogen-bond donors (Lipinski definition) is 2. The van der Waals surface area contributed by atoms with Gasteiger partial charge in [-0.1, -0.05) is 48.0 Å². The summed E-state index contributed by atoms with van der Waals surface area (Å²) in [5.74, 6) is -1.58. The second-order valence-electron chi connectivity index (χ2n) is 6.45. The van der Waals surface area contributed by atoms with Gasteiger partial charge in [0.05, 0.1) is 16.3 Å². The van der Waals surface area contributed by atoms with Crippen molar-refractivity contribution in [1.29, 1.82) is 0 Å². The van der Waals surface area contributed by atoms with E-state index in [0.717, 1.165) is 0 Å². The molecule has 32 heavy (non-hydrogen) atoms. The molecule has 13 heteroatoms. The van der Waals surface area contributed by atoms with Crippen LogP contribution in [0.5, 0.6) is 0 Å². The lowest BCUT2D eigenvalue weighted by molar-refractivity contribution is -0.144. The topological polar surface area (TPSA) is 109 Å². The van der Waals surface area contributed by atoms with Gasteiger partial charge in [-0.15, -0.1) is 0 Å². The monoisotopic (exact) mass is 505 g/mol. The lowest BCUT2D eigenvalue weighted by atomic mass is 10.00. The minimum absolute atomic E-state index is 0.0457. The lowest BCUT2D eigenvalue weighted by Gasteiger charge is -2.15. The van der Waals surface area contributed by atoms with Crippen LogP contribution >= 0.6 is 11.6 Å². The number of halogens is 4. The van der Waals surface area contributed by atoms with E-state index in [1.54, 1.807) is 0 Å². The quantitative estimate of drug-likeness (QED) is 0.385. The van der Waals surface area contributed by atoms with Crippen molar-refractivity contribution in [3.63, 3.8) is 0 Å². The van der Waals surface area contributed by atoms with Crippen molar-refractivity contribution in [3.05, 3.63) is 65.1 Å². The minimum Gasteiger partial charge on any atom is -0.306 e. The van der Waals surface area contributed by atoms with Crippen molar-refractivity contribution < 1.29 is 30.4 Å². The highest BCUT2D eigenvalue weighted by molar-refractivity contribution is 7.89. The third-order valence-corrected chi connectivity index (χ3v) is 6.64. The standard InChI is InChI=1S/C19H15ClF3N3O4S2/c1-24-32(29,30)14-8-6-12(7-9-14)15-16(25-18(19(21,22)23)26-17(15)20)13-4-2-11(3-5-13)10-31(27)28/h2-9,24H,10H2,1H3,(H,27,28). The van der Waals surface area contributed by atoms with Crippen molar-refractivity contribution in [2.75, 3.05) is 7.05 Å². The zero-order valence-corrected chi connectivity index (χ0v) is 18.6. The van der Waals surface area contributed by atoms with Crippen molar-refractivity contribution in [1.82, 2.24) is 14.7 Å². The Labute approximate surface area is 189 Å². The van der Waals surface area contributed by atoms with Crippen LogP contribution in [0.3, 0.4) is 0 Å². The molecule has 1 aromatic heterocycles. The predicted molar refractivity (Wildman–Crippen MR) is 114 cm³/mol. The summed E-state index contributed by atoms with van der Waals surface area (Å²) >= 11 is 4.05. The van der Waals surface area contributed by atoms with Gasteiger partial charge < -0.3 is 4.55 Å². The molecule has 1 heterocycles. The molecule has 0 aliphatic heterocycles. The molecule has 2 aromatic carbocycles. The van der Waals surface area contributed by atoms with Crippen LogP contribution in [0.1, 0.15) is 11.4 Å². The molecule has 0 amide bonds. The highest BCUT2D eigenvalue weighted by atomic mass is 35.5. The zero-order valence-electron chi connectivity index (χ0n) is 16.2. The van der Waals surface area contributed by atoms with Gasteiger partial charge in [0.2, 0.25) is 15.8 Å². The molecular formula is C19H15ClF3N3O4S2. The van der Waals surface area contributed by atoms with Crippen molar-refractivity contribution in [2.24, 2.45) is 0 Å². The van der Waals surface area contributed by atoms with E-state index in [9.17, 15) is 25.8 Å². The first-order valence-electron chi connectivity index (χ1n) is 8.78. The molecule has 170 valence electrons. The summed E-state index contributed by atoms with van der Waals surface area (Å²) in [4.78, 5) is 7.00. The second-order valence-corrected chi connectivity index (χ2v) is 9.63. The minimum atomic E-state index is -4.85. The third-order valence-electron chi connectivity index (χ3n) is 4.36. The normalized spacial score (nSPS) is 13.2. The van der Waals surface area contributed by atoms with Gasteiger partial charge in [0.25, 0.3) is 0 Å². The summed E-state index contributed by atoms with van der Waals surface area (Å²) in [6.07, 6.45) is -4.85. The van der Waals surface area contributed by atoms with Gasteiger partial charge in [-0.2, -0.15) is 13.2 Å². The van der Waals surface area contributed by atoms with E-state index in [-0.39, 0.29) is 27.5 Å². The van der Waals surface area contributed by atoms with Crippen LogP contribution in [0.15, 0.2) is 53.4 Å². The molecule has 0 aliphatic carbocycles. The number of benzene rings is 2. The van der Waals surface area contributed by atoms with Gasteiger partial charge in [-0.25, -0.2) is 27.3 Å². The Morgan fingerprint density at radius 1 is 1.03 bits per heavy atom. The highest BCUT2D eigenvalue weighted by Crippen LogP contribution is 2.38. The van der Waals surface area contributed by atoms with Crippen LogP contribution < -0.4 is 4.72 Å². The SMILES string of the molecule is CNS(=O)(=O)c1ccc(-c2c(Cl)nc(C(F)(F)F)nc2-c2ccc(CS(=O)O)cc2)cc1. The molecule has 0 fully saturated rings. The molecule has 0 bridgehead atoms. The van der Waals surface area contributed by atoms with E-state index < -0.39 is 38.3 Å². The first kappa shape index (κ1) is 24.3. The van der Waals surface area contributed by atoms with E-state index >= 15 is 0 Å². The molecule has 7 nitrogen and oxygen atoms in total. The average molecular weight is 506 g/mol. The highest BCUT2D eigenvalue weighted by Gasteiger charge is 2.36. The average Bonchev–Trinajstić information content (AvgIpc) is 2.73.